The molecule has 0 radical (unpaired) electrons. The Morgan fingerprint density at radius 3 is 3.00 bits per heavy atom. The number of hydrogen-bond donors (Lipinski definition) is 1. The zero-order chi connectivity index (χ0) is 16.3. The average Bonchev–Trinajstić information content (AvgIpc) is 2.87. The summed E-state index contributed by atoms with van der Waals surface area (Å²) in [6.45, 7) is 1.82. The number of ether oxygens (including phenoxy) is 1. The van der Waals surface area contributed by atoms with E-state index in [-0.39, 0.29) is 18.3 Å². The van der Waals surface area contributed by atoms with Gasteiger partial charge in [0.05, 0.1) is 12.4 Å². The molecule has 1 N–H and O–H groups in total. The minimum atomic E-state index is -3.27. The second kappa shape index (κ2) is 7.20. The Bertz CT molecular complexity index is 644. The first-order valence-electron chi connectivity index (χ1n) is 8.42. The SMILES string of the molecule is O=S(=O)(CCc1ccc2c(c1)CCO2)N1CCCCC(CO)C1. The van der Waals surface area contributed by atoms with E-state index in [2.05, 4.69) is 6.07 Å². The van der Waals surface area contributed by atoms with Gasteiger partial charge in [-0.2, -0.15) is 0 Å². The van der Waals surface area contributed by atoms with Crippen molar-refractivity contribution in [3.05, 3.63) is 29.3 Å². The van der Waals surface area contributed by atoms with E-state index in [0.717, 1.165) is 37.0 Å². The molecule has 0 aromatic heterocycles. The second-order valence-corrected chi connectivity index (χ2v) is 8.60. The number of rotatable bonds is 5. The molecule has 0 saturated carbocycles. The van der Waals surface area contributed by atoms with E-state index < -0.39 is 10.0 Å². The maximum atomic E-state index is 12.6. The number of aliphatic hydroxyl groups excluding tert-OH is 1. The summed E-state index contributed by atoms with van der Waals surface area (Å²) in [6.07, 6.45) is 4.21. The van der Waals surface area contributed by atoms with Crippen LogP contribution in [0.2, 0.25) is 0 Å². The van der Waals surface area contributed by atoms with Crippen LogP contribution < -0.4 is 4.74 Å². The van der Waals surface area contributed by atoms with Gasteiger partial charge in [-0.3, -0.25) is 0 Å². The number of benzene rings is 1. The van der Waals surface area contributed by atoms with E-state index in [0.29, 0.717) is 26.1 Å². The Balaban J connectivity index is 1.64. The largest absolute Gasteiger partial charge is 0.493 e. The molecular weight excluding hydrogens is 314 g/mol. The van der Waals surface area contributed by atoms with E-state index in [4.69, 9.17) is 4.74 Å². The minimum absolute atomic E-state index is 0.0663. The molecular formula is C17H25NO4S. The van der Waals surface area contributed by atoms with Crippen molar-refractivity contribution in [2.75, 3.05) is 32.1 Å². The smallest absolute Gasteiger partial charge is 0.214 e. The Morgan fingerprint density at radius 2 is 2.17 bits per heavy atom. The molecule has 3 rings (SSSR count). The summed E-state index contributed by atoms with van der Waals surface area (Å²) in [5, 5.41) is 9.36. The van der Waals surface area contributed by atoms with Crippen LogP contribution in [-0.4, -0.2) is 49.9 Å². The molecule has 6 heteroatoms. The molecule has 0 amide bonds. The van der Waals surface area contributed by atoms with Crippen molar-refractivity contribution in [1.82, 2.24) is 4.31 Å². The second-order valence-electron chi connectivity index (χ2n) is 6.51. The lowest BCUT2D eigenvalue weighted by Crippen LogP contribution is -2.37. The van der Waals surface area contributed by atoms with Gasteiger partial charge in [0, 0.05) is 26.1 Å². The number of aryl methyl sites for hydroxylation is 1. The topological polar surface area (TPSA) is 66.8 Å². The predicted octanol–water partition coefficient (Wildman–Crippen LogP) is 1.59. The standard InChI is InChI=1S/C17H25NO4S/c19-13-15-3-1-2-8-18(12-15)23(20,21)10-7-14-4-5-17-16(11-14)6-9-22-17/h4-5,11,15,19H,1-3,6-10,12-13H2. The van der Waals surface area contributed by atoms with Crippen molar-refractivity contribution in [2.24, 2.45) is 5.92 Å². The maximum Gasteiger partial charge on any atom is 0.214 e. The van der Waals surface area contributed by atoms with E-state index in [9.17, 15) is 13.5 Å². The number of hydrogen-bond acceptors (Lipinski definition) is 4. The molecule has 0 aliphatic carbocycles. The van der Waals surface area contributed by atoms with Crippen LogP contribution in [0.25, 0.3) is 0 Å². The van der Waals surface area contributed by atoms with Crippen LogP contribution in [-0.2, 0) is 22.9 Å². The molecule has 0 spiro atoms. The van der Waals surface area contributed by atoms with Crippen molar-refractivity contribution in [3.63, 3.8) is 0 Å². The Labute approximate surface area is 138 Å². The lowest BCUT2D eigenvalue weighted by atomic mass is 10.1. The molecule has 2 heterocycles. The summed E-state index contributed by atoms with van der Waals surface area (Å²) in [4.78, 5) is 0. The molecule has 5 nitrogen and oxygen atoms in total. The van der Waals surface area contributed by atoms with E-state index >= 15 is 0 Å². The molecule has 1 aromatic rings. The zero-order valence-corrected chi connectivity index (χ0v) is 14.2. The number of sulfonamides is 1. The third kappa shape index (κ3) is 4.05. The van der Waals surface area contributed by atoms with Gasteiger partial charge < -0.3 is 9.84 Å². The number of nitrogens with zero attached hydrogens (tertiary/aromatic N) is 1. The molecule has 1 unspecified atom stereocenters. The van der Waals surface area contributed by atoms with Gasteiger partial charge in [0.1, 0.15) is 5.75 Å². The van der Waals surface area contributed by atoms with Gasteiger partial charge in [-0.15, -0.1) is 0 Å². The average molecular weight is 339 g/mol. The number of fused-ring (bicyclic) bond motifs is 1. The first-order chi connectivity index (χ1) is 11.1. The first-order valence-corrected chi connectivity index (χ1v) is 10.0. The first kappa shape index (κ1) is 16.7. The van der Waals surface area contributed by atoms with E-state index in [1.54, 1.807) is 4.31 Å². The molecule has 1 fully saturated rings. The molecule has 0 bridgehead atoms. The summed E-state index contributed by atoms with van der Waals surface area (Å²) in [7, 11) is -3.27. The van der Waals surface area contributed by atoms with E-state index in [1.165, 1.54) is 5.56 Å². The monoisotopic (exact) mass is 339 g/mol. The predicted molar refractivity (Wildman–Crippen MR) is 89.1 cm³/mol. The minimum Gasteiger partial charge on any atom is -0.493 e. The molecule has 1 atom stereocenters. The van der Waals surface area contributed by atoms with Gasteiger partial charge in [-0.25, -0.2) is 12.7 Å². The van der Waals surface area contributed by atoms with Crippen molar-refractivity contribution < 1.29 is 18.3 Å². The fourth-order valence-electron chi connectivity index (χ4n) is 3.36. The van der Waals surface area contributed by atoms with Crippen LogP contribution in [0.1, 0.15) is 30.4 Å². The van der Waals surface area contributed by atoms with Crippen molar-refractivity contribution in [3.8, 4) is 5.75 Å². The van der Waals surface area contributed by atoms with Gasteiger partial charge in [-0.05, 0) is 42.4 Å². The number of aliphatic hydroxyl groups is 1. The Hall–Kier alpha value is -1.11. The highest BCUT2D eigenvalue weighted by Gasteiger charge is 2.27. The zero-order valence-electron chi connectivity index (χ0n) is 13.4. The summed E-state index contributed by atoms with van der Waals surface area (Å²) >= 11 is 0. The van der Waals surface area contributed by atoms with Gasteiger partial charge in [0.15, 0.2) is 0 Å². The van der Waals surface area contributed by atoms with Gasteiger partial charge in [0.2, 0.25) is 10.0 Å². The highest BCUT2D eigenvalue weighted by atomic mass is 32.2. The lowest BCUT2D eigenvalue weighted by Gasteiger charge is -2.23. The molecule has 23 heavy (non-hydrogen) atoms. The summed E-state index contributed by atoms with van der Waals surface area (Å²) < 4.78 is 32.3. The quantitative estimate of drug-likeness (QED) is 0.885. The van der Waals surface area contributed by atoms with Crippen LogP contribution in [0.4, 0.5) is 0 Å². The Kier molecular flexibility index (Phi) is 5.24. The summed E-state index contributed by atoms with van der Waals surface area (Å²) in [5.74, 6) is 1.13. The van der Waals surface area contributed by atoms with Crippen molar-refractivity contribution >= 4 is 10.0 Å². The highest BCUT2D eigenvalue weighted by molar-refractivity contribution is 7.89. The van der Waals surface area contributed by atoms with Crippen LogP contribution in [0.5, 0.6) is 5.75 Å². The van der Waals surface area contributed by atoms with Gasteiger partial charge in [-0.1, -0.05) is 18.6 Å². The molecule has 128 valence electrons. The third-order valence-corrected chi connectivity index (χ3v) is 6.62. The van der Waals surface area contributed by atoms with Crippen LogP contribution in [0.15, 0.2) is 18.2 Å². The lowest BCUT2D eigenvalue weighted by molar-refractivity contribution is 0.204. The fraction of sp³-hybridized carbons (Fsp3) is 0.647. The van der Waals surface area contributed by atoms with Crippen molar-refractivity contribution in [2.45, 2.75) is 32.1 Å². The molecule has 2 aliphatic rings. The highest BCUT2D eigenvalue weighted by Crippen LogP contribution is 2.26. The van der Waals surface area contributed by atoms with Crippen LogP contribution in [0.3, 0.4) is 0 Å². The molecule has 1 saturated heterocycles. The van der Waals surface area contributed by atoms with E-state index in [1.807, 2.05) is 12.1 Å². The maximum absolute atomic E-state index is 12.6. The van der Waals surface area contributed by atoms with Gasteiger partial charge in [0.25, 0.3) is 0 Å². The fourth-order valence-corrected chi connectivity index (χ4v) is 4.96. The van der Waals surface area contributed by atoms with Crippen LogP contribution >= 0.6 is 0 Å². The molecule has 2 aliphatic heterocycles. The summed E-state index contributed by atoms with van der Waals surface area (Å²) in [6, 6.07) is 5.97. The van der Waals surface area contributed by atoms with Crippen molar-refractivity contribution in [1.29, 1.82) is 0 Å². The molecule has 1 aromatic carbocycles. The normalized spacial score (nSPS) is 22.4. The Morgan fingerprint density at radius 1 is 1.30 bits per heavy atom. The van der Waals surface area contributed by atoms with Gasteiger partial charge >= 0.3 is 0 Å². The van der Waals surface area contributed by atoms with Crippen LogP contribution in [0, 0.1) is 5.92 Å². The summed E-state index contributed by atoms with van der Waals surface area (Å²) in [5.41, 5.74) is 2.22. The third-order valence-electron chi connectivity index (χ3n) is 4.79.